The Morgan fingerprint density at radius 1 is 1.15 bits per heavy atom. The molecule has 0 aliphatic rings. The Kier molecular flexibility index (Phi) is 5.42. The molecule has 7 heteroatoms. The number of anilines is 2. The number of nitrogens with zero attached hydrogens (tertiary/aromatic N) is 3. The van der Waals surface area contributed by atoms with Crippen LogP contribution in [0.1, 0.15) is 21.6 Å². The second kappa shape index (κ2) is 8.10. The maximum atomic E-state index is 12.4. The minimum absolute atomic E-state index is 0.212. The monoisotopic (exact) mass is 363 g/mol. The number of hydrogen-bond donors (Lipinski definition) is 2. The first-order chi connectivity index (χ1) is 12.7. The number of carbonyl (C=O) groups excluding carboxylic acids is 1. The Balaban J connectivity index is 1.69. The molecule has 0 bridgehead atoms. The van der Waals surface area contributed by atoms with E-state index in [1.165, 1.54) is 12.3 Å². The molecule has 0 radical (unpaired) electrons. The van der Waals surface area contributed by atoms with Crippen LogP contribution in [0.2, 0.25) is 5.02 Å². The van der Waals surface area contributed by atoms with Crippen LogP contribution in [0.4, 0.5) is 11.6 Å². The second-order valence-corrected chi connectivity index (χ2v) is 5.76. The molecule has 0 spiro atoms. The van der Waals surface area contributed by atoms with Gasteiger partial charge < -0.3 is 10.6 Å². The fraction of sp³-hybridized carbons (Fsp3) is 0.0526. The zero-order valence-electron chi connectivity index (χ0n) is 13.6. The Hall–Kier alpha value is -3.43. The Morgan fingerprint density at radius 2 is 2.00 bits per heavy atom. The highest BCUT2D eigenvalue weighted by molar-refractivity contribution is 6.31. The number of rotatable bonds is 5. The average Bonchev–Trinajstić information content (AvgIpc) is 2.68. The van der Waals surface area contributed by atoms with Crippen LogP contribution in [0.15, 0.2) is 60.8 Å². The van der Waals surface area contributed by atoms with E-state index in [0.29, 0.717) is 28.8 Å². The van der Waals surface area contributed by atoms with Gasteiger partial charge in [-0.05, 0) is 35.9 Å². The van der Waals surface area contributed by atoms with Crippen LogP contribution >= 0.6 is 11.6 Å². The van der Waals surface area contributed by atoms with Gasteiger partial charge in [-0.25, -0.2) is 9.97 Å². The van der Waals surface area contributed by atoms with Gasteiger partial charge >= 0.3 is 0 Å². The zero-order valence-corrected chi connectivity index (χ0v) is 14.4. The molecule has 0 saturated carbocycles. The van der Waals surface area contributed by atoms with Gasteiger partial charge in [-0.15, -0.1) is 0 Å². The molecule has 1 heterocycles. The van der Waals surface area contributed by atoms with Gasteiger partial charge in [-0.1, -0.05) is 35.9 Å². The van der Waals surface area contributed by atoms with Gasteiger partial charge in [0.15, 0.2) is 0 Å². The number of benzene rings is 2. The predicted molar refractivity (Wildman–Crippen MR) is 99.9 cm³/mol. The number of nitrogens with one attached hydrogen (secondary N) is 2. The van der Waals surface area contributed by atoms with Crippen LogP contribution in [0.3, 0.4) is 0 Å². The van der Waals surface area contributed by atoms with Crippen molar-refractivity contribution < 1.29 is 4.79 Å². The van der Waals surface area contributed by atoms with Crippen LogP contribution in [0, 0.1) is 11.3 Å². The van der Waals surface area contributed by atoms with Crippen LogP contribution < -0.4 is 10.6 Å². The molecule has 2 aromatic carbocycles. The zero-order chi connectivity index (χ0) is 18.4. The van der Waals surface area contributed by atoms with Gasteiger partial charge in [0.2, 0.25) is 5.95 Å². The average molecular weight is 364 g/mol. The van der Waals surface area contributed by atoms with Gasteiger partial charge in [0.1, 0.15) is 5.69 Å². The van der Waals surface area contributed by atoms with Crippen molar-refractivity contribution in [1.29, 1.82) is 5.26 Å². The number of nitriles is 1. The van der Waals surface area contributed by atoms with Gasteiger partial charge in [0.05, 0.1) is 11.6 Å². The van der Waals surface area contributed by atoms with Crippen molar-refractivity contribution in [2.24, 2.45) is 0 Å². The number of amides is 1. The summed E-state index contributed by atoms with van der Waals surface area (Å²) in [6.45, 7) is 0.439. The van der Waals surface area contributed by atoms with Crippen molar-refractivity contribution in [2.75, 3.05) is 10.6 Å². The lowest BCUT2D eigenvalue weighted by Crippen LogP contribution is -2.15. The molecule has 3 aromatic rings. The van der Waals surface area contributed by atoms with Gasteiger partial charge in [-0.2, -0.15) is 5.26 Å². The first-order valence-corrected chi connectivity index (χ1v) is 8.15. The molecule has 0 aliphatic heterocycles. The highest BCUT2D eigenvalue weighted by Gasteiger charge is 2.10. The molecule has 6 nitrogen and oxygen atoms in total. The molecule has 1 amide bonds. The summed E-state index contributed by atoms with van der Waals surface area (Å²) in [5.74, 6) is -0.0633. The summed E-state index contributed by atoms with van der Waals surface area (Å²) in [7, 11) is 0. The van der Waals surface area contributed by atoms with Crippen LogP contribution in [-0.2, 0) is 6.54 Å². The van der Waals surface area contributed by atoms with E-state index in [1.54, 1.807) is 30.3 Å². The molecule has 128 valence electrons. The topological polar surface area (TPSA) is 90.7 Å². The molecule has 0 aliphatic carbocycles. The molecule has 2 N–H and O–H groups in total. The van der Waals surface area contributed by atoms with E-state index < -0.39 is 0 Å². The Bertz CT molecular complexity index is 983. The highest BCUT2D eigenvalue weighted by atomic mass is 35.5. The lowest BCUT2D eigenvalue weighted by atomic mass is 10.2. The summed E-state index contributed by atoms with van der Waals surface area (Å²) in [6.07, 6.45) is 1.50. The van der Waals surface area contributed by atoms with E-state index in [-0.39, 0.29) is 11.6 Å². The van der Waals surface area contributed by atoms with Gasteiger partial charge in [0.25, 0.3) is 5.91 Å². The first kappa shape index (κ1) is 17.4. The molecule has 0 fully saturated rings. The van der Waals surface area contributed by atoms with Crippen LogP contribution in [-0.4, -0.2) is 15.9 Å². The minimum Gasteiger partial charge on any atom is -0.350 e. The standard InChI is InChI=1S/C19H14ClN5O/c20-16-7-2-1-5-14(16)12-23-19-22-9-8-17(25-19)18(26)24-15-6-3-4-13(10-15)11-21/h1-10H,12H2,(H,24,26)(H,22,23,25). The smallest absolute Gasteiger partial charge is 0.274 e. The summed E-state index contributed by atoms with van der Waals surface area (Å²) >= 11 is 6.12. The van der Waals surface area contributed by atoms with Gasteiger partial charge in [0, 0.05) is 23.5 Å². The van der Waals surface area contributed by atoms with E-state index in [4.69, 9.17) is 16.9 Å². The summed E-state index contributed by atoms with van der Waals surface area (Å²) in [4.78, 5) is 20.7. The second-order valence-electron chi connectivity index (χ2n) is 5.36. The van der Waals surface area contributed by atoms with E-state index >= 15 is 0 Å². The lowest BCUT2D eigenvalue weighted by Gasteiger charge is -2.08. The van der Waals surface area contributed by atoms with E-state index in [2.05, 4.69) is 20.6 Å². The van der Waals surface area contributed by atoms with Crippen molar-refractivity contribution in [3.63, 3.8) is 0 Å². The summed E-state index contributed by atoms with van der Waals surface area (Å²) in [6, 6.07) is 17.7. The molecular formula is C19H14ClN5O. The third kappa shape index (κ3) is 4.35. The number of hydrogen-bond acceptors (Lipinski definition) is 5. The lowest BCUT2D eigenvalue weighted by molar-refractivity contribution is 0.102. The molecule has 1 aromatic heterocycles. The Labute approximate surface area is 155 Å². The van der Waals surface area contributed by atoms with Gasteiger partial charge in [-0.3, -0.25) is 4.79 Å². The third-order valence-electron chi connectivity index (χ3n) is 3.53. The van der Waals surface area contributed by atoms with E-state index in [9.17, 15) is 4.79 Å². The van der Waals surface area contributed by atoms with E-state index in [0.717, 1.165) is 5.56 Å². The van der Waals surface area contributed by atoms with Crippen LogP contribution in [0.5, 0.6) is 0 Å². The van der Waals surface area contributed by atoms with Crippen LogP contribution in [0.25, 0.3) is 0 Å². The van der Waals surface area contributed by atoms with Crippen molar-refractivity contribution in [3.8, 4) is 6.07 Å². The minimum atomic E-state index is -0.386. The molecule has 0 unspecified atom stereocenters. The fourth-order valence-electron chi connectivity index (χ4n) is 2.25. The van der Waals surface area contributed by atoms with Crippen molar-refractivity contribution >= 4 is 29.1 Å². The Morgan fingerprint density at radius 3 is 2.81 bits per heavy atom. The predicted octanol–water partition coefficient (Wildman–Crippen LogP) is 3.87. The molecule has 26 heavy (non-hydrogen) atoms. The maximum Gasteiger partial charge on any atom is 0.274 e. The SMILES string of the molecule is N#Cc1cccc(NC(=O)c2ccnc(NCc3ccccc3Cl)n2)c1. The fourth-order valence-corrected chi connectivity index (χ4v) is 2.45. The number of halogens is 1. The summed E-state index contributed by atoms with van der Waals surface area (Å²) in [5, 5.41) is 15.3. The third-order valence-corrected chi connectivity index (χ3v) is 3.90. The van der Waals surface area contributed by atoms with Crippen molar-refractivity contribution in [1.82, 2.24) is 9.97 Å². The van der Waals surface area contributed by atoms with E-state index in [1.807, 2.05) is 24.3 Å². The number of aromatic nitrogens is 2. The first-order valence-electron chi connectivity index (χ1n) is 7.77. The summed E-state index contributed by atoms with van der Waals surface area (Å²) in [5.41, 5.74) is 2.11. The number of carbonyl (C=O) groups is 1. The molecule has 0 saturated heterocycles. The normalized spacial score (nSPS) is 10.0. The largest absolute Gasteiger partial charge is 0.350 e. The summed E-state index contributed by atoms with van der Waals surface area (Å²) < 4.78 is 0. The highest BCUT2D eigenvalue weighted by Crippen LogP contribution is 2.16. The molecule has 3 rings (SSSR count). The maximum absolute atomic E-state index is 12.4. The van der Waals surface area contributed by atoms with Crippen molar-refractivity contribution in [3.05, 3.63) is 82.6 Å². The quantitative estimate of drug-likeness (QED) is 0.718. The molecular weight excluding hydrogens is 350 g/mol. The molecule has 0 atom stereocenters. The van der Waals surface area contributed by atoms with Crippen molar-refractivity contribution in [2.45, 2.75) is 6.54 Å².